The molecule has 0 fully saturated rings. The third-order valence-corrected chi connectivity index (χ3v) is 5.87. The highest BCUT2D eigenvalue weighted by Crippen LogP contribution is 2.50. The van der Waals surface area contributed by atoms with E-state index in [0.717, 1.165) is 17.8 Å². The molecule has 3 atom stereocenters. The number of nitrogens with two attached hydrogens (primary N) is 2. The molecule has 1 aromatic rings. The maximum Gasteiger partial charge on any atom is 0.272 e. The average molecular weight is 358 g/mol. The summed E-state index contributed by atoms with van der Waals surface area (Å²) in [5.74, 6) is -4.06. The first kappa shape index (κ1) is 18.1. The summed E-state index contributed by atoms with van der Waals surface area (Å²) < 4.78 is 27.0. The fraction of sp³-hybridized carbons (Fsp3) is 0.429. The number of rotatable bonds is 3. The van der Waals surface area contributed by atoms with E-state index < -0.39 is 44.4 Å². The average Bonchev–Trinajstić information content (AvgIpc) is 2.46. The second-order valence-corrected chi connectivity index (χ2v) is 7.41. The van der Waals surface area contributed by atoms with Crippen LogP contribution in [0.25, 0.3) is 0 Å². The van der Waals surface area contributed by atoms with E-state index in [1.54, 1.807) is 6.92 Å². The first-order valence-corrected chi connectivity index (χ1v) is 7.73. The zero-order valence-corrected chi connectivity index (χ0v) is 14.0. The van der Waals surface area contributed by atoms with Crippen LogP contribution < -0.4 is 11.5 Å². The molecule has 0 aromatic heterocycles. The Kier molecular flexibility index (Phi) is 4.29. The van der Waals surface area contributed by atoms with Crippen LogP contribution in [0, 0.1) is 27.7 Å². The van der Waals surface area contributed by atoms with Gasteiger partial charge in [0.1, 0.15) is 4.75 Å². The fourth-order valence-electron chi connectivity index (χ4n) is 2.80. The van der Waals surface area contributed by atoms with Crippen LogP contribution in [0.5, 0.6) is 0 Å². The summed E-state index contributed by atoms with van der Waals surface area (Å²) in [6.07, 6.45) is 0. The molecule has 0 saturated heterocycles. The molecule has 7 nitrogen and oxygen atoms in total. The topological polar surface area (TPSA) is 125 Å². The molecule has 0 radical (unpaired) electrons. The Bertz CT molecular complexity index is 773. The third kappa shape index (κ3) is 2.60. The van der Waals surface area contributed by atoms with Gasteiger partial charge >= 0.3 is 0 Å². The van der Waals surface area contributed by atoms with Gasteiger partial charge in [0.05, 0.1) is 16.5 Å². The number of benzene rings is 1. The Morgan fingerprint density at radius 1 is 1.42 bits per heavy atom. The first-order valence-electron chi connectivity index (χ1n) is 6.91. The molecular formula is C14H16F2N4O3S. The minimum absolute atomic E-state index is 0.0387. The quantitative estimate of drug-likeness (QED) is 0.632. The lowest BCUT2D eigenvalue weighted by Crippen LogP contribution is -2.55. The summed E-state index contributed by atoms with van der Waals surface area (Å²) in [5, 5.41) is 10.9. The smallest absolute Gasteiger partial charge is 0.272 e. The van der Waals surface area contributed by atoms with E-state index in [1.165, 1.54) is 13.8 Å². The number of thioether (sulfide) groups is 1. The monoisotopic (exact) mass is 358 g/mol. The van der Waals surface area contributed by atoms with Crippen molar-refractivity contribution in [2.75, 3.05) is 0 Å². The zero-order chi connectivity index (χ0) is 18.4. The Labute approximate surface area is 140 Å². The van der Waals surface area contributed by atoms with Gasteiger partial charge in [-0.2, -0.15) is 0 Å². The van der Waals surface area contributed by atoms with Crippen LogP contribution in [-0.2, 0) is 10.3 Å². The van der Waals surface area contributed by atoms with E-state index in [1.807, 2.05) is 0 Å². The first-order chi connectivity index (χ1) is 10.9. The minimum Gasteiger partial charge on any atom is -0.378 e. The SMILES string of the molecule is C[C@@H]1[C@@](C)(C(N)=O)SC(N)=N[C@]1(C)c1cc([N+](=O)[O-])cc(F)c1F. The summed E-state index contributed by atoms with van der Waals surface area (Å²) in [6.45, 7) is 4.55. The zero-order valence-electron chi connectivity index (χ0n) is 13.2. The highest BCUT2D eigenvalue weighted by molar-refractivity contribution is 8.15. The van der Waals surface area contributed by atoms with Crippen LogP contribution in [0.15, 0.2) is 17.1 Å². The number of halogens is 2. The normalized spacial score (nSPS) is 29.9. The van der Waals surface area contributed by atoms with Crippen LogP contribution in [0.4, 0.5) is 14.5 Å². The molecule has 1 heterocycles. The van der Waals surface area contributed by atoms with Crippen LogP contribution in [-0.4, -0.2) is 20.7 Å². The van der Waals surface area contributed by atoms with Gasteiger partial charge in [-0.25, -0.2) is 8.78 Å². The molecule has 10 heteroatoms. The Hall–Kier alpha value is -2.23. The molecule has 130 valence electrons. The van der Waals surface area contributed by atoms with E-state index in [-0.39, 0.29) is 10.7 Å². The van der Waals surface area contributed by atoms with Gasteiger partial charge in [-0.15, -0.1) is 0 Å². The molecule has 0 saturated carbocycles. The molecular weight excluding hydrogens is 342 g/mol. The van der Waals surface area contributed by atoms with E-state index in [4.69, 9.17) is 11.5 Å². The third-order valence-electron chi connectivity index (χ3n) is 4.59. The number of carbonyl (C=O) groups excluding carboxylic acids is 1. The standard InChI is InChI=1S/C14H16F2N4O3S/c1-6-13(2,19-12(18)24-14(6,3)11(17)21)8-4-7(20(22)23)5-9(15)10(8)16/h4-6H,1-3H3,(H2,17,21)(H2,18,19)/t6-,13-,14-/m0/s1. The number of aliphatic imine (C=N–C) groups is 1. The molecule has 2 rings (SSSR count). The van der Waals surface area contributed by atoms with Crippen molar-refractivity contribution < 1.29 is 18.5 Å². The lowest BCUT2D eigenvalue weighted by molar-refractivity contribution is -0.385. The Balaban J connectivity index is 2.76. The predicted octanol–water partition coefficient (Wildman–Crippen LogP) is 2.03. The lowest BCUT2D eigenvalue weighted by Gasteiger charge is -2.45. The number of nitro groups is 1. The highest BCUT2D eigenvalue weighted by atomic mass is 32.2. The largest absolute Gasteiger partial charge is 0.378 e. The Morgan fingerprint density at radius 3 is 2.50 bits per heavy atom. The number of nitrogens with zero attached hydrogens (tertiary/aromatic N) is 2. The van der Waals surface area contributed by atoms with E-state index >= 15 is 0 Å². The molecule has 1 aromatic carbocycles. The Morgan fingerprint density at radius 2 is 2.00 bits per heavy atom. The van der Waals surface area contributed by atoms with Gasteiger partial charge in [-0.3, -0.25) is 19.9 Å². The van der Waals surface area contributed by atoms with Gasteiger partial charge in [0.25, 0.3) is 5.69 Å². The lowest BCUT2D eigenvalue weighted by atomic mass is 9.73. The maximum atomic E-state index is 14.4. The van der Waals surface area contributed by atoms with E-state index in [2.05, 4.69) is 4.99 Å². The second-order valence-electron chi connectivity index (χ2n) is 5.94. The highest BCUT2D eigenvalue weighted by Gasteiger charge is 2.53. The van der Waals surface area contributed by atoms with Crippen molar-refractivity contribution in [3.63, 3.8) is 0 Å². The van der Waals surface area contributed by atoms with E-state index in [0.29, 0.717) is 6.07 Å². The molecule has 1 aliphatic heterocycles. The molecule has 0 unspecified atom stereocenters. The molecule has 4 N–H and O–H groups in total. The molecule has 1 aliphatic rings. The number of non-ortho nitro benzene ring substituents is 1. The number of amidine groups is 1. The van der Waals surface area contributed by atoms with Crippen LogP contribution in [0.3, 0.4) is 0 Å². The van der Waals surface area contributed by atoms with Crippen LogP contribution in [0.1, 0.15) is 26.3 Å². The molecule has 1 amide bonds. The maximum absolute atomic E-state index is 14.4. The number of hydrogen-bond acceptors (Lipinski definition) is 6. The number of amides is 1. The van der Waals surface area contributed by atoms with Crippen molar-refractivity contribution in [1.29, 1.82) is 0 Å². The summed E-state index contributed by atoms with van der Waals surface area (Å²) in [5.41, 5.74) is 8.74. The number of nitro benzene ring substituents is 1. The van der Waals surface area contributed by atoms with Gasteiger partial charge in [-0.05, 0) is 13.8 Å². The number of hydrogen-bond donors (Lipinski definition) is 2. The second kappa shape index (κ2) is 5.69. The van der Waals surface area contributed by atoms with Gasteiger partial charge in [0.15, 0.2) is 16.8 Å². The van der Waals surface area contributed by atoms with Crippen LogP contribution >= 0.6 is 11.8 Å². The van der Waals surface area contributed by atoms with Crippen molar-refractivity contribution in [2.45, 2.75) is 31.1 Å². The van der Waals surface area contributed by atoms with Gasteiger partial charge in [-0.1, -0.05) is 18.7 Å². The predicted molar refractivity (Wildman–Crippen MR) is 86.3 cm³/mol. The summed E-state index contributed by atoms with van der Waals surface area (Å²) >= 11 is 0.926. The number of carbonyl (C=O) groups is 1. The van der Waals surface area contributed by atoms with Gasteiger partial charge < -0.3 is 11.5 Å². The van der Waals surface area contributed by atoms with Crippen LogP contribution in [0.2, 0.25) is 0 Å². The summed E-state index contributed by atoms with van der Waals surface area (Å²) in [7, 11) is 0. The van der Waals surface area contributed by atoms with E-state index in [9.17, 15) is 23.7 Å². The van der Waals surface area contributed by atoms with Gasteiger partial charge in [0, 0.05) is 17.5 Å². The van der Waals surface area contributed by atoms with Crippen molar-refractivity contribution in [1.82, 2.24) is 0 Å². The minimum atomic E-state index is -1.50. The van der Waals surface area contributed by atoms with Crippen molar-refractivity contribution in [2.24, 2.45) is 22.4 Å². The number of primary amides is 1. The molecule has 0 spiro atoms. The summed E-state index contributed by atoms with van der Waals surface area (Å²) in [6, 6.07) is 1.40. The van der Waals surface area contributed by atoms with Gasteiger partial charge in [0.2, 0.25) is 5.91 Å². The van der Waals surface area contributed by atoms with Crippen molar-refractivity contribution >= 4 is 28.5 Å². The van der Waals surface area contributed by atoms with Crippen molar-refractivity contribution in [3.8, 4) is 0 Å². The molecule has 24 heavy (non-hydrogen) atoms. The van der Waals surface area contributed by atoms with Crippen molar-refractivity contribution in [3.05, 3.63) is 39.4 Å². The molecule has 0 aliphatic carbocycles. The molecule has 0 bridgehead atoms. The summed E-state index contributed by atoms with van der Waals surface area (Å²) in [4.78, 5) is 26.2. The fourth-order valence-corrected chi connectivity index (χ4v) is 3.97.